The van der Waals surface area contributed by atoms with Crippen molar-refractivity contribution in [3.63, 3.8) is 0 Å². The Balaban J connectivity index is -0.0000000104. The van der Waals surface area contributed by atoms with Crippen LogP contribution in [-0.2, 0) is 82.2 Å². The Morgan fingerprint density at radius 2 is 0.294 bits per heavy atom. The van der Waals surface area contributed by atoms with Crippen LogP contribution in [0.1, 0.15) is 37.1 Å². The molecule has 0 heterocycles. The van der Waals surface area contributed by atoms with Gasteiger partial charge in [0.1, 0.15) is 0 Å². The summed E-state index contributed by atoms with van der Waals surface area (Å²) in [4.78, 5) is 0. The van der Waals surface area contributed by atoms with Crippen molar-refractivity contribution in [2.45, 2.75) is 37.1 Å². The van der Waals surface area contributed by atoms with E-state index in [1.165, 1.54) is 0 Å². The summed E-state index contributed by atoms with van der Waals surface area (Å²) in [5.41, 5.74) is 0. The van der Waals surface area contributed by atoms with Gasteiger partial charge in [0, 0.05) is 0 Å². The van der Waals surface area contributed by atoms with E-state index in [9.17, 15) is 0 Å². The van der Waals surface area contributed by atoms with Crippen LogP contribution in [0.25, 0.3) is 0 Å². The Bertz CT molecular complexity index is 304. The Labute approximate surface area is 118 Å². The van der Waals surface area contributed by atoms with Crippen molar-refractivity contribution in [3.05, 3.63) is 0 Å². The van der Waals surface area contributed by atoms with Gasteiger partial charge in [-0.05, 0) is 0 Å². The summed E-state index contributed by atoms with van der Waals surface area (Å²) in [6.07, 6.45) is 0. The fourth-order valence-electron chi connectivity index (χ4n) is 0. The zero-order valence-electron chi connectivity index (χ0n) is 4.90. The average Bonchev–Trinajstić information content (AvgIpc) is 1.54. The second-order valence-electron chi connectivity index (χ2n) is 0.612. The molecule has 0 atom stereocenters. The van der Waals surface area contributed by atoms with E-state index in [2.05, 4.69) is 0 Å². The van der Waals surface area contributed by atoms with E-state index in [1.807, 2.05) is 0 Å². The molecule has 12 heteroatoms. The van der Waals surface area contributed by atoms with Crippen molar-refractivity contribution in [1.82, 2.24) is 0 Å². The molecule has 0 aliphatic carbocycles. The van der Waals surface area contributed by atoms with E-state index in [0.717, 1.165) is 0 Å². The monoisotopic (exact) mass is 518 g/mol. The Hall–Kier alpha value is 0.265. The Morgan fingerprint density at radius 3 is 0.294 bits per heavy atom. The second-order valence-corrected chi connectivity index (χ2v) is 3.62. The van der Waals surface area contributed by atoms with Crippen LogP contribution in [0.2, 0.25) is 0 Å². The van der Waals surface area contributed by atoms with Gasteiger partial charge in [0.2, 0.25) is 0 Å². The minimum absolute atomic E-state index is 0. The predicted octanol–water partition coefficient (Wildman–Crippen LogP) is 2.10. The van der Waals surface area contributed by atoms with Gasteiger partial charge in [-0.15, -0.1) is 0 Å². The van der Waals surface area contributed by atoms with E-state index in [0.29, 0.717) is 0 Å². The fourth-order valence-corrected chi connectivity index (χ4v) is 0. The molecular formula is C5H20Mo3O9. The van der Waals surface area contributed by atoms with Gasteiger partial charge >= 0.3 is 82.2 Å². The first kappa shape index (κ1) is 53.2. The third-order valence-corrected chi connectivity index (χ3v) is 0. The quantitative estimate of drug-likeness (QED) is 0.444. The van der Waals surface area contributed by atoms with Crippen LogP contribution in [0.3, 0.4) is 0 Å². The first-order valence-electron chi connectivity index (χ1n) is 1.50. The van der Waals surface area contributed by atoms with Crippen LogP contribution in [0.5, 0.6) is 0 Å². The van der Waals surface area contributed by atoms with Gasteiger partial charge < -0.3 is 0 Å². The van der Waals surface area contributed by atoms with Crippen molar-refractivity contribution in [2.24, 2.45) is 0 Å². The van der Waals surface area contributed by atoms with Gasteiger partial charge in [0.15, 0.2) is 0 Å². The zero-order chi connectivity index (χ0) is 10.7. The van der Waals surface area contributed by atoms with Crippen molar-refractivity contribution in [1.29, 1.82) is 0 Å². The third kappa shape index (κ3) is 47200. The van der Waals surface area contributed by atoms with E-state index >= 15 is 0 Å². The second kappa shape index (κ2) is 44.2. The molecule has 0 saturated heterocycles. The van der Waals surface area contributed by atoms with Crippen LogP contribution < -0.4 is 0 Å². The minimum atomic E-state index is -4.11. The Morgan fingerprint density at radius 1 is 0.294 bits per heavy atom. The first-order chi connectivity index (χ1) is 5.20. The third-order valence-electron chi connectivity index (χ3n) is 0. The van der Waals surface area contributed by atoms with E-state index in [-0.39, 0.29) is 37.1 Å². The van der Waals surface area contributed by atoms with Crippen LogP contribution in [0.4, 0.5) is 0 Å². The molecule has 0 rings (SSSR count). The van der Waals surface area contributed by atoms with Crippen molar-refractivity contribution in [3.8, 4) is 0 Å². The molecule has 112 valence electrons. The molecule has 0 aliphatic heterocycles. The first-order valence-corrected chi connectivity index (χ1v) is 8.87. The average molecular weight is 512 g/mol. The number of hydrogen-bond acceptors (Lipinski definition) is 9. The summed E-state index contributed by atoms with van der Waals surface area (Å²) >= 11 is -12.3. The molecule has 0 unspecified atom stereocenters. The van der Waals surface area contributed by atoms with Crippen LogP contribution in [-0.4, -0.2) is 0 Å². The molecular weight excluding hydrogens is 492 g/mol. The topological polar surface area (TPSA) is 154 Å². The molecule has 0 aromatic rings. The molecule has 0 saturated carbocycles. The molecule has 0 N–H and O–H groups in total. The molecule has 0 amide bonds. The molecule has 0 aromatic carbocycles. The van der Waals surface area contributed by atoms with Gasteiger partial charge in [0.05, 0.1) is 0 Å². The summed E-state index contributed by atoms with van der Waals surface area (Å²) in [5.74, 6) is 0. The standard InChI is InChI=1S/5CH4.3Mo.9O/h5*1H4;;;;;;;;;;;;. The molecule has 0 spiro atoms. The summed E-state index contributed by atoms with van der Waals surface area (Å²) in [7, 11) is 0. The molecule has 0 fully saturated rings. The summed E-state index contributed by atoms with van der Waals surface area (Å²) < 4.78 is 77.3. The molecule has 0 aromatic heterocycles. The van der Waals surface area contributed by atoms with Gasteiger partial charge in [-0.1, -0.05) is 37.1 Å². The normalized spacial score (nSPS) is 4.24. The van der Waals surface area contributed by atoms with E-state index in [4.69, 9.17) is 30.6 Å². The summed E-state index contributed by atoms with van der Waals surface area (Å²) in [6, 6.07) is 0. The van der Waals surface area contributed by atoms with Crippen molar-refractivity contribution >= 4 is 0 Å². The summed E-state index contributed by atoms with van der Waals surface area (Å²) in [5, 5.41) is 0. The van der Waals surface area contributed by atoms with Gasteiger partial charge in [0.25, 0.3) is 0 Å². The van der Waals surface area contributed by atoms with Crippen LogP contribution >= 0.6 is 0 Å². The fraction of sp³-hybridized carbons (Fsp3) is 1.00. The molecule has 0 bridgehead atoms. The van der Waals surface area contributed by atoms with Gasteiger partial charge in [-0.3, -0.25) is 0 Å². The van der Waals surface area contributed by atoms with E-state index < -0.39 is 51.6 Å². The SMILES string of the molecule is C.C.C.C.C.[O]=[Mo](=[O])=[O].[O]=[Mo](=[O])=[O].[O]=[Mo](=[O])=[O]. The maximum absolute atomic E-state index is 8.59. The molecule has 0 aliphatic rings. The maximum atomic E-state index is 8.59. The van der Waals surface area contributed by atoms with Crippen molar-refractivity contribution in [2.75, 3.05) is 0 Å². The molecule has 0 radical (unpaired) electrons. The zero-order valence-corrected chi connectivity index (χ0v) is 10.9. The predicted molar refractivity (Wildman–Crippen MR) is 39.8 cm³/mol. The molecule has 9 nitrogen and oxygen atoms in total. The molecule has 17 heavy (non-hydrogen) atoms. The van der Waals surface area contributed by atoms with Gasteiger partial charge in [-0.2, -0.15) is 0 Å². The van der Waals surface area contributed by atoms with Gasteiger partial charge in [-0.25, -0.2) is 0 Å². The van der Waals surface area contributed by atoms with E-state index in [1.54, 1.807) is 0 Å². The summed E-state index contributed by atoms with van der Waals surface area (Å²) in [6.45, 7) is 0. The number of rotatable bonds is 0. The number of hydrogen-bond donors (Lipinski definition) is 0. The van der Waals surface area contributed by atoms with Crippen LogP contribution in [0, 0.1) is 0 Å². The van der Waals surface area contributed by atoms with Crippen LogP contribution in [0.15, 0.2) is 0 Å². The van der Waals surface area contributed by atoms with Crippen molar-refractivity contribution < 1.29 is 82.2 Å². The Kier molecular flexibility index (Phi) is 138.